The predicted octanol–water partition coefficient (Wildman–Crippen LogP) is 4.88. The van der Waals surface area contributed by atoms with Gasteiger partial charge in [-0.1, -0.05) is 43.1 Å². The second-order valence-electron chi connectivity index (χ2n) is 6.03. The van der Waals surface area contributed by atoms with Crippen LogP contribution in [0.4, 0.5) is 0 Å². The number of halogens is 2. The molecule has 1 aromatic heterocycles. The number of carbonyl (C=O) groups is 1. The van der Waals surface area contributed by atoms with Crippen molar-refractivity contribution in [1.82, 2.24) is 9.55 Å². The molecule has 0 aliphatic heterocycles. The van der Waals surface area contributed by atoms with E-state index in [-0.39, 0.29) is 11.7 Å². The van der Waals surface area contributed by atoms with Gasteiger partial charge in [0.1, 0.15) is 11.5 Å². The summed E-state index contributed by atoms with van der Waals surface area (Å²) in [7, 11) is 0. The molecule has 2 aromatic rings. The third-order valence-electron chi connectivity index (χ3n) is 3.99. The molecule has 3 nitrogen and oxygen atoms in total. The minimum atomic E-state index is 0.195. The van der Waals surface area contributed by atoms with E-state index in [4.69, 9.17) is 28.2 Å². The van der Waals surface area contributed by atoms with E-state index in [1.165, 1.54) is 0 Å². The molecule has 0 spiro atoms. The smallest absolute Gasteiger partial charge is 0.181 e. The first-order valence-corrected chi connectivity index (χ1v) is 8.29. The Morgan fingerprint density at radius 2 is 2.00 bits per heavy atom. The first kappa shape index (κ1) is 15.6. The molecule has 1 heterocycles. The van der Waals surface area contributed by atoms with Gasteiger partial charge in [0, 0.05) is 18.9 Å². The molecule has 0 amide bonds. The largest absolute Gasteiger partial charge is 0.321 e. The van der Waals surface area contributed by atoms with Crippen molar-refractivity contribution in [2.45, 2.75) is 45.6 Å². The maximum absolute atomic E-state index is 12.3. The Kier molecular flexibility index (Phi) is 4.28. The number of hydrogen-bond acceptors (Lipinski definition) is 2. The van der Waals surface area contributed by atoms with E-state index in [0.29, 0.717) is 23.0 Å². The van der Waals surface area contributed by atoms with Gasteiger partial charge in [0.15, 0.2) is 5.78 Å². The van der Waals surface area contributed by atoms with Crippen LogP contribution >= 0.6 is 23.2 Å². The molecule has 0 fully saturated rings. The van der Waals surface area contributed by atoms with Crippen LogP contribution in [0.2, 0.25) is 10.0 Å². The minimum absolute atomic E-state index is 0.195. The van der Waals surface area contributed by atoms with Crippen LogP contribution in [0.25, 0.3) is 0 Å². The highest BCUT2D eigenvalue weighted by atomic mass is 35.5. The Morgan fingerprint density at radius 1 is 1.23 bits per heavy atom. The number of rotatable bonds is 3. The summed E-state index contributed by atoms with van der Waals surface area (Å²) < 4.78 is 2.06. The molecule has 3 rings (SSSR count). The fourth-order valence-corrected chi connectivity index (χ4v) is 3.28. The summed E-state index contributed by atoms with van der Waals surface area (Å²) >= 11 is 12.1. The van der Waals surface area contributed by atoms with Crippen LogP contribution in [0.5, 0.6) is 0 Å². The van der Waals surface area contributed by atoms with Crippen molar-refractivity contribution >= 4 is 29.0 Å². The number of nitrogens with zero attached hydrogens (tertiary/aromatic N) is 2. The van der Waals surface area contributed by atoms with Gasteiger partial charge in [-0.3, -0.25) is 4.79 Å². The predicted molar refractivity (Wildman–Crippen MR) is 89.1 cm³/mol. The molecule has 0 saturated heterocycles. The third kappa shape index (κ3) is 2.80. The van der Waals surface area contributed by atoms with Crippen LogP contribution in [0, 0.1) is 0 Å². The highest BCUT2D eigenvalue weighted by Gasteiger charge is 2.27. The minimum Gasteiger partial charge on any atom is -0.321 e. The highest BCUT2D eigenvalue weighted by molar-refractivity contribution is 6.42. The van der Waals surface area contributed by atoms with Crippen LogP contribution < -0.4 is 0 Å². The van der Waals surface area contributed by atoms with E-state index >= 15 is 0 Å². The number of carbonyl (C=O) groups excluding carboxylic acids is 1. The Labute approximate surface area is 140 Å². The van der Waals surface area contributed by atoms with E-state index < -0.39 is 0 Å². The molecular formula is C17H18Cl2N2O. The van der Waals surface area contributed by atoms with Gasteiger partial charge in [0.25, 0.3) is 0 Å². The number of hydrogen-bond donors (Lipinski definition) is 0. The van der Waals surface area contributed by atoms with Crippen LogP contribution in [-0.4, -0.2) is 15.3 Å². The lowest BCUT2D eigenvalue weighted by Gasteiger charge is -2.16. The van der Waals surface area contributed by atoms with Gasteiger partial charge in [0.05, 0.1) is 15.7 Å². The summed E-state index contributed by atoms with van der Waals surface area (Å²) in [6, 6.07) is 5.59. The average Bonchev–Trinajstić information content (AvgIpc) is 2.83. The van der Waals surface area contributed by atoms with Crippen molar-refractivity contribution < 1.29 is 4.79 Å². The van der Waals surface area contributed by atoms with Gasteiger partial charge in [-0.15, -0.1) is 0 Å². The number of aromatic nitrogens is 2. The van der Waals surface area contributed by atoms with Crippen molar-refractivity contribution in [3.63, 3.8) is 0 Å². The molecule has 116 valence electrons. The fourth-order valence-electron chi connectivity index (χ4n) is 2.96. The van der Waals surface area contributed by atoms with E-state index in [1.807, 2.05) is 12.1 Å². The van der Waals surface area contributed by atoms with Crippen LogP contribution in [-0.2, 0) is 13.0 Å². The quantitative estimate of drug-likeness (QED) is 0.800. The highest BCUT2D eigenvalue weighted by Crippen LogP contribution is 2.28. The molecule has 0 atom stereocenters. The van der Waals surface area contributed by atoms with Crippen molar-refractivity contribution in [1.29, 1.82) is 0 Å². The number of fused-ring (bicyclic) bond motifs is 1. The molecule has 1 aromatic carbocycles. The van der Waals surface area contributed by atoms with E-state index in [9.17, 15) is 4.79 Å². The normalized spacial score (nSPS) is 14.5. The summed E-state index contributed by atoms with van der Waals surface area (Å²) in [4.78, 5) is 17.1. The van der Waals surface area contributed by atoms with Gasteiger partial charge in [0.2, 0.25) is 0 Å². The lowest BCUT2D eigenvalue weighted by molar-refractivity contribution is 0.0963. The Morgan fingerprint density at radius 3 is 2.68 bits per heavy atom. The molecule has 22 heavy (non-hydrogen) atoms. The number of Topliss-reactive ketones (excluding diaryl/α,β-unsaturated/α-hetero) is 1. The number of ketones is 1. The van der Waals surface area contributed by atoms with Crippen LogP contribution in [0.3, 0.4) is 0 Å². The second-order valence-corrected chi connectivity index (χ2v) is 6.85. The van der Waals surface area contributed by atoms with Crippen molar-refractivity contribution in [3.05, 3.63) is 51.0 Å². The lowest BCUT2D eigenvalue weighted by atomic mass is 9.99. The standard InChI is InChI=1S/C17H18Cl2N2O/c1-10(2)17-20-14-4-3-5-15(22)16(14)21(17)9-11-6-7-12(18)13(19)8-11/h6-8,10H,3-5,9H2,1-2H3. The van der Waals surface area contributed by atoms with Crippen molar-refractivity contribution in [2.24, 2.45) is 0 Å². The molecule has 0 saturated carbocycles. The topological polar surface area (TPSA) is 34.9 Å². The van der Waals surface area contributed by atoms with Crippen molar-refractivity contribution in [2.75, 3.05) is 0 Å². The SMILES string of the molecule is CC(C)c1nc2c(n1Cc1ccc(Cl)c(Cl)c1)C(=O)CCC2. The van der Waals surface area contributed by atoms with E-state index in [2.05, 4.69) is 18.4 Å². The van der Waals surface area contributed by atoms with Gasteiger partial charge in [-0.2, -0.15) is 0 Å². The third-order valence-corrected chi connectivity index (χ3v) is 4.73. The van der Waals surface area contributed by atoms with Gasteiger partial charge < -0.3 is 4.57 Å². The van der Waals surface area contributed by atoms with Gasteiger partial charge in [-0.05, 0) is 30.5 Å². The van der Waals surface area contributed by atoms with E-state index in [1.54, 1.807) is 6.07 Å². The van der Waals surface area contributed by atoms with Crippen LogP contribution in [0.1, 0.15) is 60.2 Å². The summed E-state index contributed by atoms with van der Waals surface area (Å²) in [5.74, 6) is 1.42. The Hall–Kier alpha value is -1.32. The summed E-state index contributed by atoms with van der Waals surface area (Å²) in [6.07, 6.45) is 2.39. The molecule has 0 unspecified atom stereocenters. The van der Waals surface area contributed by atoms with Crippen LogP contribution in [0.15, 0.2) is 18.2 Å². The zero-order valence-corrected chi connectivity index (χ0v) is 14.2. The zero-order valence-electron chi connectivity index (χ0n) is 12.7. The maximum atomic E-state index is 12.3. The number of aryl methyl sites for hydroxylation is 1. The average molecular weight is 337 g/mol. The Balaban J connectivity index is 2.06. The van der Waals surface area contributed by atoms with Crippen molar-refractivity contribution in [3.8, 4) is 0 Å². The summed E-state index contributed by atoms with van der Waals surface area (Å²) in [5.41, 5.74) is 2.75. The molecule has 5 heteroatoms. The summed E-state index contributed by atoms with van der Waals surface area (Å²) in [5, 5.41) is 1.07. The second kappa shape index (κ2) is 6.05. The monoisotopic (exact) mass is 336 g/mol. The van der Waals surface area contributed by atoms with Gasteiger partial charge >= 0.3 is 0 Å². The maximum Gasteiger partial charge on any atom is 0.181 e. The number of benzene rings is 1. The number of imidazole rings is 1. The first-order valence-electron chi connectivity index (χ1n) is 7.53. The summed E-state index contributed by atoms with van der Waals surface area (Å²) in [6.45, 7) is 4.80. The van der Waals surface area contributed by atoms with E-state index in [0.717, 1.165) is 35.6 Å². The molecule has 0 radical (unpaired) electrons. The molecule has 1 aliphatic rings. The first-order chi connectivity index (χ1) is 10.5. The molecule has 1 aliphatic carbocycles. The lowest BCUT2D eigenvalue weighted by Crippen LogP contribution is -2.17. The molecular weight excluding hydrogens is 319 g/mol. The zero-order chi connectivity index (χ0) is 15.9. The Bertz CT molecular complexity index is 735. The molecule has 0 N–H and O–H groups in total. The molecule has 0 bridgehead atoms. The fraction of sp³-hybridized carbons (Fsp3) is 0.412. The van der Waals surface area contributed by atoms with Gasteiger partial charge in [-0.25, -0.2) is 4.98 Å².